The summed E-state index contributed by atoms with van der Waals surface area (Å²) in [7, 11) is 1.57. The lowest BCUT2D eigenvalue weighted by atomic mass is 10.2. The molecule has 1 aliphatic rings. The molecule has 2 aromatic carbocycles. The van der Waals surface area contributed by atoms with E-state index in [4.69, 9.17) is 21.1 Å². The number of benzene rings is 2. The molecule has 0 radical (unpaired) electrons. The Morgan fingerprint density at radius 2 is 2.07 bits per heavy atom. The Kier molecular flexibility index (Phi) is 6.44. The third kappa shape index (κ3) is 4.77. The molecule has 0 spiro atoms. The van der Waals surface area contributed by atoms with Crippen LogP contribution in [-0.4, -0.2) is 24.8 Å². The van der Waals surface area contributed by atoms with Crippen molar-refractivity contribution in [1.29, 1.82) is 0 Å². The topological polar surface area (TPSA) is 59.9 Å². The van der Waals surface area contributed by atoms with Crippen molar-refractivity contribution < 1.29 is 14.3 Å². The van der Waals surface area contributed by atoms with Crippen molar-refractivity contribution in [2.24, 2.45) is 4.99 Å². The Labute approximate surface area is 173 Å². The van der Waals surface area contributed by atoms with E-state index in [9.17, 15) is 4.79 Å². The number of nitrogens with one attached hydrogen (secondary N) is 1. The minimum Gasteiger partial charge on any atom is -0.493 e. The predicted octanol–water partition coefficient (Wildman–Crippen LogP) is 5.11. The number of hydrogen-bond acceptors (Lipinski definition) is 5. The van der Waals surface area contributed by atoms with Gasteiger partial charge in [0.15, 0.2) is 16.7 Å². The lowest BCUT2D eigenvalue weighted by Gasteiger charge is -2.09. The zero-order chi connectivity index (χ0) is 20.1. The van der Waals surface area contributed by atoms with Gasteiger partial charge >= 0.3 is 0 Å². The fourth-order valence-corrected chi connectivity index (χ4v) is 3.59. The second-order valence-corrected chi connectivity index (χ2v) is 7.39. The van der Waals surface area contributed by atoms with Crippen LogP contribution in [0.2, 0.25) is 5.02 Å². The molecule has 7 heteroatoms. The fraction of sp³-hybridized carbons (Fsp3) is 0.143. The second-order valence-electron chi connectivity index (χ2n) is 5.92. The van der Waals surface area contributed by atoms with Crippen LogP contribution in [0.15, 0.2) is 59.0 Å². The van der Waals surface area contributed by atoms with Gasteiger partial charge in [-0.2, -0.15) is 0 Å². The average molecular weight is 415 g/mol. The maximum absolute atomic E-state index is 12.3. The molecule has 28 heavy (non-hydrogen) atoms. The normalized spacial score (nSPS) is 16.3. The van der Waals surface area contributed by atoms with Crippen LogP contribution in [-0.2, 0) is 4.79 Å². The summed E-state index contributed by atoms with van der Waals surface area (Å²) in [4.78, 5) is 17.4. The summed E-state index contributed by atoms with van der Waals surface area (Å²) in [5.41, 5.74) is 2.52. The Bertz CT molecular complexity index is 986. The van der Waals surface area contributed by atoms with Crippen LogP contribution in [0.25, 0.3) is 6.08 Å². The summed E-state index contributed by atoms with van der Waals surface area (Å²) in [5.74, 6) is 1.01. The van der Waals surface area contributed by atoms with Crippen molar-refractivity contribution in [3.8, 4) is 11.5 Å². The lowest BCUT2D eigenvalue weighted by molar-refractivity contribution is -0.115. The Morgan fingerprint density at radius 3 is 2.79 bits per heavy atom. The van der Waals surface area contributed by atoms with Crippen molar-refractivity contribution in [3.05, 3.63) is 70.1 Å². The maximum Gasteiger partial charge on any atom is 0.264 e. The third-order valence-electron chi connectivity index (χ3n) is 3.87. The van der Waals surface area contributed by atoms with E-state index in [1.807, 2.05) is 31.2 Å². The summed E-state index contributed by atoms with van der Waals surface area (Å²) in [6.07, 6.45) is 3.45. The number of thioether (sulfide) groups is 1. The molecular formula is C21H19ClN2O3S. The van der Waals surface area contributed by atoms with Gasteiger partial charge in [0.05, 0.1) is 17.7 Å². The number of carbonyl (C=O) groups excluding carboxylic acids is 1. The highest BCUT2D eigenvalue weighted by atomic mass is 35.5. The highest BCUT2D eigenvalue weighted by molar-refractivity contribution is 8.18. The van der Waals surface area contributed by atoms with Gasteiger partial charge < -0.3 is 14.8 Å². The molecule has 0 aliphatic carbocycles. The highest BCUT2D eigenvalue weighted by Gasteiger charge is 2.24. The molecule has 1 N–H and O–H groups in total. The number of rotatable bonds is 6. The number of carbonyl (C=O) groups is 1. The van der Waals surface area contributed by atoms with Gasteiger partial charge in [0.25, 0.3) is 5.91 Å². The smallest absolute Gasteiger partial charge is 0.264 e. The van der Waals surface area contributed by atoms with Gasteiger partial charge in [0.1, 0.15) is 6.61 Å². The van der Waals surface area contributed by atoms with Gasteiger partial charge in [-0.15, -0.1) is 0 Å². The van der Waals surface area contributed by atoms with Crippen LogP contribution in [0, 0.1) is 6.92 Å². The predicted molar refractivity (Wildman–Crippen MR) is 116 cm³/mol. The van der Waals surface area contributed by atoms with Gasteiger partial charge in [-0.1, -0.05) is 30.3 Å². The molecule has 0 atom stereocenters. The van der Waals surface area contributed by atoms with Crippen molar-refractivity contribution >= 4 is 46.2 Å². The summed E-state index contributed by atoms with van der Waals surface area (Å²) in [6.45, 7) is 5.94. The number of amides is 1. The molecule has 5 nitrogen and oxygen atoms in total. The van der Waals surface area contributed by atoms with E-state index in [2.05, 4.69) is 16.9 Å². The van der Waals surface area contributed by atoms with Crippen molar-refractivity contribution in [2.45, 2.75) is 6.92 Å². The third-order valence-corrected chi connectivity index (χ3v) is 5.02. The van der Waals surface area contributed by atoms with Crippen molar-refractivity contribution in [3.63, 3.8) is 0 Å². The van der Waals surface area contributed by atoms with E-state index in [0.717, 1.165) is 16.8 Å². The molecule has 1 amide bonds. The minimum absolute atomic E-state index is 0.193. The Balaban J connectivity index is 1.82. The van der Waals surface area contributed by atoms with E-state index in [-0.39, 0.29) is 5.91 Å². The number of halogens is 1. The van der Waals surface area contributed by atoms with E-state index in [1.54, 1.807) is 31.4 Å². The first-order chi connectivity index (χ1) is 13.5. The molecule has 2 aromatic rings. The zero-order valence-electron chi connectivity index (χ0n) is 15.5. The van der Waals surface area contributed by atoms with Crippen LogP contribution in [0.1, 0.15) is 11.1 Å². The molecule has 0 bridgehead atoms. The summed E-state index contributed by atoms with van der Waals surface area (Å²) < 4.78 is 10.9. The number of aryl methyl sites for hydroxylation is 1. The van der Waals surface area contributed by atoms with Crippen LogP contribution < -0.4 is 14.8 Å². The first-order valence-corrected chi connectivity index (χ1v) is 9.67. The van der Waals surface area contributed by atoms with Crippen molar-refractivity contribution in [1.82, 2.24) is 5.32 Å². The number of hydrogen-bond donors (Lipinski definition) is 1. The zero-order valence-corrected chi connectivity index (χ0v) is 17.1. The van der Waals surface area contributed by atoms with E-state index in [0.29, 0.717) is 33.2 Å². The first kappa shape index (κ1) is 20.0. The van der Waals surface area contributed by atoms with Gasteiger partial charge in [0.2, 0.25) is 0 Å². The molecule has 1 heterocycles. The minimum atomic E-state index is -0.193. The summed E-state index contributed by atoms with van der Waals surface area (Å²) in [5, 5.41) is 3.97. The molecule has 3 rings (SSSR count). The van der Waals surface area contributed by atoms with Gasteiger partial charge in [-0.3, -0.25) is 4.79 Å². The average Bonchev–Trinajstić information content (AvgIpc) is 3.01. The van der Waals surface area contributed by atoms with Crippen LogP contribution in [0.4, 0.5) is 5.69 Å². The quantitative estimate of drug-likeness (QED) is 0.526. The SMILES string of the molecule is C=CCOc1ccc(/C=C2\SC(=Nc3ccc(Cl)cc3C)NC2=O)cc1OC. The van der Waals surface area contributed by atoms with E-state index in [1.165, 1.54) is 11.8 Å². The number of ether oxygens (including phenoxy) is 2. The fourth-order valence-electron chi connectivity index (χ4n) is 2.53. The summed E-state index contributed by atoms with van der Waals surface area (Å²) >= 11 is 7.26. The Morgan fingerprint density at radius 1 is 1.25 bits per heavy atom. The molecule has 0 aromatic heterocycles. The lowest BCUT2D eigenvalue weighted by Crippen LogP contribution is -2.19. The largest absolute Gasteiger partial charge is 0.493 e. The van der Waals surface area contributed by atoms with Crippen LogP contribution in [0.5, 0.6) is 11.5 Å². The highest BCUT2D eigenvalue weighted by Crippen LogP contribution is 2.33. The molecule has 1 saturated heterocycles. The molecule has 0 saturated carbocycles. The number of aliphatic imine (C=N–C) groups is 1. The molecule has 1 aliphatic heterocycles. The standard InChI is InChI=1S/C21H19ClN2O3S/c1-4-9-27-17-8-5-14(11-18(17)26-3)12-19-20(25)24-21(28-19)23-16-7-6-15(22)10-13(16)2/h4-8,10-12H,1,9H2,2-3H3,(H,23,24,25)/b19-12-. The van der Waals surface area contributed by atoms with Gasteiger partial charge in [-0.05, 0) is 66.2 Å². The van der Waals surface area contributed by atoms with Crippen LogP contribution in [0.3, 0.4) is 0 Å². The van der Waals surface area contributed by atoms with Gasteiger partial charge in [-0.25, -0.2) is 4.99 Å². The molecular weight excluding hydrogens is 396 g/mol. The van der Waals surface area contributed by atoms with Crippen molar-refractivity contribution in [2.75, 3.05) is 13.7 Å². The summed E-state index contributed by atoms with van der Waals surface area (Å²) in [6, 6.07) is 10.9. The number of nitrogens with zero attached hydrogens (tertiary/aromatic N) is 1. The Hall–Kier alpha value is -2.70. The molecule has 0 unspecified atom stereocenters. The molecule has 1 fully saturated rings. The monoisotopic (exact) mass is 414 g/mol. The number of amidine groups is 1. The molecule has 144 valence electrons. The second kappa shape index (κ2) is 8.99. The van der Waals surface area contributed by atoms with Crippen LogP contribution >= 0.6 is 23.4 Å². The van der Waals surface area contributed by atoms with Gasteiger partial charge in [0, 0.05) is 5.02 Å². The first-order valence-electron chi connectivity index (χ1n) is 8.47. The maximum atomic E-state index is 12.3. The van der Waals surface area contributed by atoms with E-state index >= 15 is 0 Å². The number of methoxy groups -OCH3 is 1. The van der Waals surface area contributed by atoms with E-state index < -0.39 is 0 Å².